The number of hydrogen-bond donors (Lipinski definition) is 2. The van der Waals surface area contributed by atoms with Gasteiger partial charge in [-0.15, -0.1) is 0 Å². The Bertz CT molecular complexity index is 1480. The Hall–Kier alpha value is -4.27. The summed E-state index contributed by atoms with van der Waals surface area (Å²) in [5.41, 5.74) is 15.7. The number of aromatic nitrogens is 1. The minimum Gasteiger partial charge on any atom is -0.386 e. The summed E-state index contributed by atoms with van der Waals surface area (Å²) in [7, 11) is 0. The highest BCUT2D eigenvalue weighted by Crippen LogP contribution is 2.30. The number of primary amides is 1. The molecule has 2 unspecified atom stereocenters. The number of amidine groups is 1. The average molecular weight is 470 g/mol. The zero-order valence-electron chi connectivity index (χ0n) is 19.7. The highest BCUT2D eigenvalue weighted by molar-refractivity contribution is 6.10. The van der Waals surface area contributed by atoms with Crippen LogP contribution in [0, 0.1) is 19.8 Å². The first kappa shape index (κ1) is 22.5. The Labute approximate surface area is 202 Å². The molecule has 178 valence electrons. The number of aliphatic imine (C=N–C) groups is 2. The van der Waals surface area contributed by atoms with Crippen LogP contribution in [0.5, 0.6) is 0 Å². The molecule has 3 heterocycles. The molecule has 3 aromatic rings. The van der Waals surface area contributed by atoms with Gasteiger partial charge in [0.2, 0.25) is 5.91 Å². The van der Waals surface area contributed by atoms with Gasteiger partial charge in [0.1, 0.15) is 12.2 Å². The number of nitrogens with two attached hydrogens (primary N) is 2. The van der Waals surface area contributed by atoms with Crippen molar-refractivity contribution in [2.75, 3.05) is 0 Å². The normalized spacial score (nSPS) is 19.0. The highest BCUT2D eigenvalue weighted by Gasteiger charge is 2.41. The predicted molar refractivity (Wildman–Crippen MR) is 138 cm³/mol. The molecule has 1 amide bonds. The van der Waals surface area contributed by atoms with Gasteiger partial charge < -0.3 is 11.5 Å². The minimum atomic E-state index is -0.407. The van der Waals surface area contributed by atoms with E-state index in [2.05, 4.69) is 9.98 Å². The van der Waals surface area contributed by atoms with E-state index in [9.17, 15) is 9.59 Å². The number of fused-ring (bicyclic) bond motifs is 2. The third-order valence-electron chi connectivity index (χ3n) is 6.60. The van der Waals surface area contributed by atoms with Crippen LogP contribution < -0.4 is 17.0 Å². The fourth-order valence-corrected chi connectivity index (χ4v) is 4.90. The van der Waals surface area contributed by atoms with Gasteiger partial charge in [0.25, 0.3) is 5.56 Å². The number of benzene rings is 2. The fourth-order valence-electron chi connectivity index (χ4n) is 4.90. The van der Waals surface area contributed by atoms with E-state index in [1.165, 1.54) is 6.34 Å². The monoisotopic (exact) mass is 469 g/mol. The van der Waals surface area contributed by atoms with Gasteiger partial charge in [-0.2, -0.15) is 5.10 Å². The summed E-state index contributed by atoms with van der Waals surface area (Å²) >= 11 is 0. The lowest BCUT2D eigenvalue weighted by Gasteiger charge is -2.27. The van der Waals surface area contributed by atoms with Crippen molar-refractivity contribution in [3.05, 3.63) is 75.7 Å². The number of para-hydroxylation sites is 1. The number of aryl methyl sites for hydroxylation is 2. The smallest absolute Gasteiger partial charge is 0.263 e. The first-order chi connectivity index (χ1) is 16.8. The highest BCUT2D eigenvalue weighted by atomic mass is 16.1. The number of hydrazone groups is 1. The average Bonchev–Trinajstić information content (AvgIpc) is 3.17. The molecule has 0 aliphatic carbocycles. The van der Waals surface area contributed by atoms with Crippen molar-refractivity contribution in [3.63, 3.8) is 0 Å². The lowest BCUT2D eigenvalue weighted by molar-refractivity contribution is -0.117. The number of pyridine rings is 1. The number of carbonyl (C=O) groups is 1. The molecule has 9 heteroatoms. The predicted octanol–water partition coefficient (Wildman–Crippen LogP) is 2.39. The van der Waals surface area contributed by atoms with Gasteiger partial charge in [0.15, 0.2) is 6.17 Å². The molecule has 0 fully saturated rings. The first-order valence-corrected chi connectivity index (χ1v) is 11.5. The molecule has 0 spiro atoms. The van der Waals surface area contributed by atoms with E-state index in [1.54, 1.807) is 4.57 Å². The molecule has 2 aliphatic rings. The second-order valence-electron chi connectivity index (χ2n) is 8.97. The summed E-state index contributed by atoms with van der Waals surface area (Å²) < 4.78 is 1.76. The van der Waals surface area contributed by atoms with Crippen LogP contribution in [-0.4, -0.2) is 39.5 Å². The van der Waals surface area contributed by atoms with E-state index in [-0.39, 0.29) is 17.9 Å². The van der Waals surface area contributed by atoms with Gasteiger partial charge in [-0.3, -0.25) is 19.2 Å². The van der Waals surface area contributed by atoms with E-state index < -0.39 is 12.1 Å². The lowest BCUT2D eigenvalue weighted by Crippen LogP contribution is -2.42. The second kappa shape index (κ2) is 8.83. The van der Waals surface area contributed by atoms with Crippen LogP contribution in [0.3, 0.4) is 0 Å². The van der Waals surface area contributed by atoms with Gasteiger partial charge in [-0.05, 0) is 48.9 Å². The lowest BCUT2D eigenvalue weighted by atomic mass is 9.95. The van der Waals surface area contributed by atoms with Crippen molar-refractivity contribution < 1.29 is 4.79 Å². The third-order valence-corrected chi connectivity index (χ3v) is 6.60. The first-order valence-electron chi connectivity index (χ1n) is 11.5. The molecule has 0 radical (unpaired) electrons. The Morgan fingerprint density at radius 1 is 1.09 bits per heavy atom. The molecule has 0 saturated carbocycles. The quantitative estimate of drug-likeness (QED) is 0.574. The summed E-state index contributed by atoms with van der Waals surface area (Å²) in [6, 6.07) is 15.7. The van der Waals surface area contributed by atoms with Gasteiger partial charge >= 0.3 is 0 Å². The largest absolute Gasteiger partial charge is 0.386 e. The Morgan fingerprint density at radius 3 is 2.63 bits per heavy atom. The Balaban J connectivity index is 1.64. The molecule has 2 aliphatic heterocycles. The van der Waals surface area contributed by atoms with Crippen LogP contribution in [0.2, 0.25) is 0 Å². The summed E-state index contributed by atoms with van der Waals surface area (Å²) in [4.78, 5) is 34.0. The zero-order valence-corrected chi connectivity index (χ0v) is 19.7. The van der Waals surface area contributed by atoms with Crippen molar-refractivity contribution in [1.29, 1.82) is 0 Å². The summed E-state index contributed by atoms with van der Waals surface area (Å²) in [6.45, 7) is 4.26. The molecule has 0 saturated heterocycles. The Kier molecular flexibility index (Phi) is 5.68. The molecular formula is C26H27N7O2. The van der Waals surface area contributed by atoms with Crippen LogP contribution in [0.4, 0.5) is 0 Å². The minimum absolute atomic E-state index is 0.0770. The van der Waals surface area contributed by atoms with Crippen molar-refractivity contribution in [1.82, 2.24) is 9.58 Å². The molecule has 2 aromatic carbocycles. The molecule has 2 atom stereocenters. The number of nitrogens with zero attached hydrogens (tertiary/aromatic N) is 5. The van der Waals surface area contributed by atoms with Crippen LogP contribution in [0.15, 0.2) is 68.4 Å². The molecule has 4 N–H and O–H groups in total. The van der Waals surface area contributed by atoms with Crippen molar-refractivity contribution in [2.45, 2.75) is 39.4 Å². The van der Waals surface area contributed by atoms with Gasteiger partial charge in [0, 0.05) is 12.1 Å². The van der Waals surface area contributed by atoms with Crippen LogP contribution in [0.25, 0.3) is 16.5 Å². The maximum atomic E-state index is 13.9. The SMILES string of the molecule is Cc1ccccc1-n1c(CN2N=C(CCC(N)=O)C3C(N)=NC=NC32)cc2cccc(C)c2c1=O. The van der Waals surface area contributed by atoms with Gasteiger partial charge in [0.05, 0.1) is 29.2 Å². The number of amides is 1. The number of rotatable bonds is 6. The summed E-state index contributed by atoms with van der Waals surface area (Å²) in [6.07, 6.45) is 1.58. The van der Waals surface area contributed by atoms with Gasteiger partial charge in [-0.25, -0.2) is 9.98 Å². The van der Waals surface area contributed by atoms with Crippen LogP contribution >= 0.6 is 0 Å². The van der Waals surface area contributed by atoms with Gasteiger partial charge in [-0.1, -0.05) is 36.4 Å². The zero-order chi connectivity index (χ0) is 24.7. The second-order valence-corrected chi connectivity index (χ2v) is 8.97. The van der Waals surface area contributed by atoms with Crippen LogP contribution in [-0.2, 0) is 11.3 Å². The topological polar surface area (TPSA) is 131 Å². The van der Waals surface area contributed by atoms with E-state index >= 15 is 0 Å². The van der Waals surface area contributed by atoms with E-state index in [0.29, 0.717) is 29.9 Å². The summed E-state index contributed by atoms with van der Waals surface area (Å²) in [5.74, 6) is -0.336. The molecule has 9 nitrogen and oxygen atoms in total. The molecule has 1 aromatic heterocycles. The van der Waals surface area contributed by atoms with Crippen molar-refractivity contribution in [2.24, 2.45) is 32.5 Å². The molecule has 0 bridgehead atoms. The van der Waals surface area contributed by atoms with E-state index in [4.69, 9.17) is 16.6 Å². The van der Waals surface area contributed by atoms with E-state index in [0.717, 1.165) is 27.9 Å². The maximum absolute atomic E-state index is 13.9. The molecule has 35 heavy (non-hydrogen) atoms. The third kappa shape index (κ3) is 3.99. The summed E-state index contributed by atoms with van der Waals surface area (Å²) in [5, 5.41) is 8.17. The Morgan fingerprint density at radius 2 is 1.86 bits per heavy atom. The van der Waals surface area contributed by atoms with E-state index in [1.807, 2.05) is 67.4 Å². The molecular weight excluding hydrogens is 442 g/mol. The maximum Gasteiger partial charge on any atom is 0.263 e. The number of hydrogen-bond acceptors (Lipinski definition) is 7. The van der Waals surface area contributed by atoms with Crippen LogP contribution in [0.1, 0.15) is 29.7 Å². The molecule has 5 rings (SSSR count). The van der Waals surface area contributed by atoms with Crippen molar-refractivity contribution in [3.8, 4) is 5.69 Å². The van der Waals surface area contributed by atoms with Crippen molar-refractivity contribution >= 4 is 34.6 Å². The fraction of sp³-hybridized carbons (Fsp3) is 0.269. The standard InChI is InChI=1S/C26H27N7O2/c1-15-6-3-4-9-20(15)33-18(12-17-8-5-7-16(2)22(17)26(33)35)13-32-25-23(24(28)29-14-30-25)19(31-32)10-11-21(27)34/h3-9,12,14,23,25H,10-11,13H2,1-2H3,(H2,27,34)(H2,28,29,30). The number of carbonyl (C=O) groups excluding carboxylic acids is 1.